The van der Waals surface area contributed by atoms with Gasteiger partial charge in [-0.05, 0) is 48.1 Å². The molecule has 0 aliphatic heterocycles. The van der Waals surface area contributed by atoms with Gasteiger partial charge in [0.2, 0.25) is 0 Å². The predicted molar refractivity (Wildman–Crippen MR) is 104 cm³/mol. The minimum Gasteiger partial charge on any atom is -0.289 e. The molecular formula is C21H25NO4S. The molecule has 2 aromatic rings. The number of carbonyl (C=O) groups excluding carboxylic acids is 1. The lowest BCUT2D eigenvalue weighted by Gasteiger charge is -2.34. The van der Waals surface area contributed by atoms with Crippen LogP contribution >= 0.6 is 0 Å². The van der Waals surface area contributed by atoms with Gasteiger partial charge < -0.3 is 0 Å². The predicted octanol–water partition coefficient (Wildman–Crippen LogP) is 3.90. The van der Waals surface area contributed by atoms with E-state index in [1.165, 1.54) is 5.56 Å². The van der Waals surface area contributed by atoms with Crippen molar-refractivity contribution in [3.8, 4) is 11.1 Å². The number of amides is 1. The van der Waals surface area contributed by atoms with E-state index in [2.05, 4.69) is 19.1 Å². The van der Waals surface area contributed by atoms with Crippen molar-refractivity contribution < 1.29 is 18.4 Å². The number of rotatable bonds is 5. The molecule has 1 saturated carbocycles. The van der Waals surface area contributed by atoms with Crippen LogP contribution in [0.4, 0.5) is 0 Å². The fourth-order valence-corrected chi connectivity index (χ4v) is 5.89. The van der Waals surface area contributed by atoms with Gasteiger partial charge in [-0.15, -0.1) is 0 Å². The van der Waals surface area contributed by atoms with Gasteiger partial charge in [0.1, 0.15) is 0 Å². The van der Waals surface area contributed by atoms with Crippen LogP contribution in [0.25, 0.3) is 11.1 Å². The molecule has 1 amide bonds. The third-order valence-corrected chi connectivity index (χ3v) is 8.07. The van der Waals surface area contributed by atoms with Crippen molar-refractivity contribution >= 4 is 15.7 Å². The summed E-state index contributed by atoms with van der Waals surface area (Å²) in [6.07, 6.45) is 3.60. The van der Waals surface area contributed by atoms with E-state index in [1.54, 1.807) is 29.7 Å². The number of sulfone groups is 1. The molecule has 6 heteroatoms. The van der Waals surface area contributed by atoms with Crippen molar-refractivity contribution in [3.05, 3.63) is 54.1 Å². The SMILES string of the molecule is CCc1ccc(-c2ccc(S(=O)(=O)C3(C(=O)NO)CCCCC3)cc2)cc1. The Hall–Kier alpha value is -2.18. The lowest BCUT2D eigenvalue weighted by Crippen LogP contribution is -2.52. The number of nitrogens with one attached hydrogen (secondary N) is 1. The molecule has 3 rings (SSSR count). The van der Waals surface area contributed by atoms with E-state index in [0.29, 0.717) is 12.8 Å². The van der Waals surface area contributed by atoms with Gasteiger partial charge in [0, 0.05) is 0 Å². The summed E-state index contributed by atoms with van der Waals surface area (Å²) in [6.45, 7) is 2.10. The highest BCUT2D eigenvalue weighted by atomic mass is 32.2. The van der Waals surface area contributed by atoms with Crippen molar-refractivity contribution in [3.63, 3.8) is 0 Å². The molecular weight excluding hydrogens is 362 g/mol. The van der Waals surface area contributed by atoms with Crippen molar-refractivity contribution in [2.75, 3.05) is 0 Å². The van der Waals surface area contributed by atoms with Gasteiger partial charge in [-0.2, -0.15) is 0 Å². The average Bonchev–Trinajstić information content (AvgIpc) is 2.73. The van der Waals surface area contributed by atoms with Crippen molar-refractivity contribution in [2.45, 2.75) is 55.1 Å². The number of aryl methyl sites for hydroxylation is 1. The molecule has 1 aliphatic carbocycles. The van der Waals surface area contributed by atoms with E-state index in [1.807, 2.05) is 12.1 Å². The highest BCUT2D eigenvalue weighted by Gasteiger charge is 2.51. The summed E-state index contributed by atoms with van der Waals surface area (Å²) in [7, 11) is -3.92. The fourth-order valence-electron chi connectivity index (χ4n) is 3.83. The Morgan fingerprint density at radius 1 is 0.963 bits per heavy atom. The molecule has 2 N–H and O–H groups in total. The van der Waals surface area contributed by atoms with E-state index in [9.17, 15) is 13.2 Å². The zero-order valence-corrected chi connectivity index (χ0v) is 16.3. The van der Waals surface area contributed by atoms with Gasteiger partial charge in [-0.3, -0.25) is 10.0 Å². The van der Waals surface area contributed by atoms with Gasteiger partial charge in [-0.25, -0.2) is 13.9 Å². The van der Waals surface area contributed by atoms with Crippen LogP contribution in [-0.4, -0.2) is 24.3 Å². The van der Waals surface area contributed by atoms with Crippen molar-refractivity contribution in [1.82, 2.24) is 5.48 Å². The van der Waals surface area contributed by atoms with Crippen LogP contribution in [0.5, 0.6) is 0 Å². The second-order valence-corrected chi connectivity index (χ2v) is 9.33. The first kappa shape index (κ1) is 19.6. The molecule has 0 aromatic heterocycles. The second-order valence-electron chi connectivity index (χ2n) is 7.07. The Kier molecular flexibility index (Phi) is 5.67. The number of hydrogen-bond donors (Lipinski definition) is 2. The zero-order chi connectivity index (χ0) is 19.5. The van der Waals surface area contributed by atoms with Crippen LogP contribution in [-0.2, 0) is 21.1 Å². The van der Waals surface area contributed by atoms with Crippen molar-refractivity contribution in [2.24, 2.45) is 0 Å². The number of hydroxylamine groups is 1. The molecule has 0 unspecified atom stereocenters. The van der Waals surface area contributed by atoms with Crippen LogP contribution < -0.4 is 5.48 Å². The largest absolute Gasteiger partial charge is 0.289 e. The topological polar surface area (TPSA) is 83.5 Å². The fraction of sp³-hybridized carbons (Fsp3) is 0.381. The molecule has 144 valence electrons. The van der Waals surface area contributed by atoms with Gasteiger partial charge in [0.15, 0.2) is 14.6 Å². The molecule has 0 radical (unpaired) electrons. The monoisotopic (exact) mass is 387 g/mol. The molecule has 0 spiro atoms. The average molecular weight is 388 g/mol. The molecule has 0 bridgehead atoms. The summed E-state index contributed by atoms with van der Waals surface area (Å²) < 4.78 is 24.9. The number of hydrogen-bond acceptors (Lipinski definition) is 4. The van der Waals surface area contributed by atoms with Crippen LogP contribution in [0.1, 0.15) is 44.6 Å². The molecule has 1 fully saturated rings. The Balaban J connectivity index is 1.95. The maximum atomic E-state index is 13.3. The maximum Gasteiger partial charge on any atom is 0.265 e. The first-order chi connectivity index (χ1) is 12.9. The van der Waals surface area contributed by atoms with Crippen molar-refractivity contribution in [1.29, 1.82) is 0 Å². The highest BCUT2D eigenvalue weighted by Crippen LogP contribution is 2.39. The van der Waals surface area contributed by atoms with Crippen LogP contribution in [0.2, 0.25) is 0 Å². The molecule has 2 aromatic carbocycles. The summed E-state index contributed by atoms with van der Waals surface area (Å²) >= 11 is 0. The Bertz CT molecular complexity index is 896. The second kappa shape index (κ2) is 7.82. The molecule has 5 nitrogen and oxygen atoms in total. The summed E-state index contributed by atoms with van der Waals surface area (Å²) in [5, 5.41) is 9.13. The third kappa shape index (κ3) is 3.51. The molecule has 1 aliphatic rings. The van der Waals surface area contributed by atoms with Gasteiger partial charge >= 0.3 is 0 Å². The summed E-state index contributed by atoms with van der Waals surface area (Å²) in [5.41, 5.74) is 4.75. The normalized spacial score (nSPS) is 16.7. The maximum absolute atomic E-state index is 13.3. The first-order valence-corrected chi connectivity index (χ1v) is 10.8. The van der Waals surface area contributed by atoms with E-state index in [4.69, 9.17) is 5.21 Å². The zero-order valence-electron chi connectivity index (χ0n) is 15.4. The quantitative estimate of drug-likeness (QED) is 0.602. The first-order valence-electron chi connectivity index (χ1n) is 9.33. The summed E-state index contributed by atoms with van der Waals surface area (Å²) in [4.78, 5) is 12.4. The Morgan fingerprint density at radius 2 is 1.48 bits per heavy atom. The summed E-state index contributed by atoms with van der Waals surface area (Å²) in [6, 6.07) is 14.8. The minimum atomic E-state index is -3.92. The summed E-state index contributed by atoms with van der Waals surface area (Å²) in [5.74, 6) is -0.832. The lowest BCUT2D eigenvalue weighted by atomic mass is 9.88. The van der Waals surface area contributed by atoms with Gasteiger partial charge in [0.05, 0.1) is 4.90 Å². The Morgan fingerprint density at radius 3 is 1.96 bits per heavy atom. The minimum absolute atomic E-state index is 0.113. The van der Waals surface area contributed by atoms with Gasteiger partial charge in [0.25, 0.3) is 5.91 Å². The smallest absolute Gasteiger partial charge is 0.265 e. The molecule has 0 atom stereocenters. The van der Waals surface area contributed by atoms with Crippen LogP contribution in [0.15, 0.2) is 53.4 Å². The molecule has 27 heavy (non-hydrogen) atoms. The highest BCUT2D eigenvalue weighted by molar-refractivity contribution is 7.93. The standard InChI is InChI=1S/C21H25NO4S/c1-2-16-6-8-17(9-7-16)18-10-12-19(13-11-18)27(25,26)21(20(23)22-24)14-4-3-5-15-21/h6-13,24H,2-5,14-15H2,1H3,(H,22,23). The Labute approximate surface area is 160 Å². The van der Waals surface area contributed by atoms with E-state index in [-0.39, 0.29) is 17.7 Å². The van der Waals surface area contributed by atoms with E-state index < -0.39 is 20.5 Å². The number of carbonyl (C=O) groups is 1. The molecule has 0 saturated heterocycles. The van der Waals surface area contributed by atoms with Crippen LogP contribution in [0.3, 0.4) is 0 Å². The van der Waals surface area contributed by atoms with E-state index in [0.717, 1.165) is 24.0 Å². The number of benzene rings is 2. The third-order valence-electron chi connectivity index (χ3n) is 5.55. The van der Waals surface area contributed by atoms with Crippen LogP contribution in [0, 0.1) is 0 Å². The molecule has 0 heterocycles. The van der Waals surface area contributed by atoms with E-state index >= 15 is 0 Å². The lowest BCUT2D eigenvalue weighted by molar-refractivity contribution is -0.132. The van der Waals surface area contributed by atoms with Gasteiger partial charge in [-0.1, -0.05) is 62.6 Å².